The van der Waals surface area contributed by atoms with Crippen molar-refractivity contribution in [3.8, 4) is 11.5 Å². The summed E-state index contributed by atoms with van der Waals surface area (Å²) in [6.07, 6.45) is 3.28. The second kappa shape index (κ2) is 10.4. The predicted octanol–water partition coefficient (Wildman–Crippen LogP) is 3.43. The number of nitrogens with zero attached hydrogens (tertiary/aromatic N) is 2. The summed E-state index contributed by atoms with van der Waals surface area (Å²) in [5.41, 5.74) is 1.57. The molecule has 1 atom stereocenters. The number of rotatable bonds is 8. The minimum atomic E-state index is -0.815. The highest BCUT2D eigenvalue weighted by atomic mass is 35.5. The molecule has 1 aromatic heterocycles. The number of anilines is 1. The van der Waals surface area contributed by atoms with Gasteiger partial charge in [0, 0.05) is 29.5 Å². The summed E-state index contributed by atoms with van der Waals surface area (Å²) in [5.74, 6) is -0.118. The normalized spacial score (nSPS) is 13.5. The number of ketones is 1. The highest BCUT2D eigenvalue weighted by Crippen LogP contribution is 2.34. The van der Waals surface area contributed by atoms with Crippen molar-refractivity contribution in [3.05, 3.63) is 83.1 Å². The predicted molar refractivity (Wildman–Crippen MR) is 126 cm³/mol. The van der Waals surface area contributed by atoms with Crippen LogP contribution in [0.4, 0.5) is 5.69 Å². The monoisotopic (exact) mass is 479 g/mol. The van der Waals surface area contributed by atoms with Crippen LogP contribution in [0, 0.1) is 0 Å². The molecule has 0 fully saturated rings. The number of aromatic nitrogens is 1. The van der Waals surface area contributed by atoms with E-state index in [4.69, 9.17) is 21.1 Å². The zero-order valence-corrected chi connectivity index (χ0v) is 19.1. The van der Waals surface area contributed by atoms with E-state index < -0.39 is 6.04 Å². The van der Waals surface area contributed by atoms with Gasteiger partial charge in [-0.2, -0.15) is 0 Å². The van der Waals surface area contributed by atoms with E-state index in [1.54, 1.807) is 73.9 Å². The number of carbonyl (C=O) groups excluding carboxylic acids is 3. The molecule has 0 radical (unpaired) electrons. The van der Waals surface area contributed by atoms with Crippen molar-refractivity contribution in [3.63, 3.8) is 0 Å². The van der Waals surface area contributed by atoms with Gasteiger partial charge in [0.2, 0.25) is 5.91 Å². The Balaban J connectivity index is 1.49. The minimum absolute atomic E-state index is 0.194. The van der Waals surface area contributed by atoms with Gasteiger partial charge >= 0.3 is 0 Å². The molecular weight excluding hydrogens is 458 g/mol. The number of hydrogen-bond donors (Lipinski definition) is 1. The van der Waals surface area contributed by atoms with Crippen molar-refractivity contribution in [1.29, 1.82) is 0 Å². The van der Waals surface area contributed by atoms with Crippen molar-refractivity contribution in [2.24, 2.45) is 0 Å². The number of Topliss-reactive ketones (excluding diaryl/α,β-unsaturated/α-hetero) is 1. The van der Waals surface area contributed by atoms with Gasteiger partial charge in [0.25, 0.3) is 5.91 Å². The fourth-order valence-corrected chi connectivity index (χ4v) is 3.69. The quantitative estimate of drug-likeness (QED) is 0.497. The summed E-state index contributed by atoms with van der Waals surface area (Å²) in [7, 11) is 0. The van der Waals surface area contributed by atoms with Crippen molar-refractivity contribution >= 4 is 34.9 Å². The summed E-state index contributed by atoms with van der Waals surface area (Å²) in [6, 6.07) is 14.3. The molecule has 8 nitrogen and oxygen atoms in total. The zero-order valence-electron chi connectivity index (χ0n) is 18.4. The van der Waals surface area contributed by atoms with Crippen LogP contribution in [0.25, 0.3) is 0 Å². The molecule has 2 heterocycles. The Morgan fingerprint density at radius 3 is 2.74 bits per heavy atom. The first-order valence-electron chi connectivity index (χ1n) is 10.6. The zero-order chi connectivity index (χ0) is 24.1. The molecule has 0 bridgehead atoms. The number of pyridine rings is 1. The molecule has 3 aromatic rings. The first-order valence-corrected chi connectivity index (χ1v) is 11.0. The molecule has 174 valence electrons. The standard InChI is InChI=1S/C25H22ClN3O5/c1-16(25(32)28-13-17-7-9-27-10-8-17)29-21-11-18(5-6-23(21)34-15-24(29)31)22(30)14-33-20-4-2-3-19(26)12-20/h2-12,16H,13-15H2,1H3,(H,28,32)/t16-/m1/s1. The van der Waals surface area contributed by atoms with E-state index in [2.05, 4.69) is 10.3 Å². The summed E-state index contributed by atoms with van der Waals surface area (Å²) < 4.78 is 11.1. The van der Waals surface area contributed by atoms with E-state index in [0.717, 1.165) is 5.56 Å². The van der Waals surface area contributed by atoms with Crippen LogP contribution in [0.1, 0.15) is 22.8 Å². The molecule has 0 aliphatic carbocycles. The van der Waals surface area contributed by atoms with E-state index in [-0.39, 0.29) is 30.8 Å². The molecule has 0 spiro atoms. The third-order valence-electron chi connectivity index (χ3n) is 5.31. The van der Waals surface area contributed by atoms with E-state index in [1.807, 2.05) is 0 Å². The number of hydrogen-bond acceptors (Lipinski definition) is 6. The molecule has 0 saturated heterocycles. The largest absolute Gasteiger partial charge is 0.485 e. The summed E-state index contributed by atoms with van der Waals surface area (Å²) >= 11 is 5.95. The number of ether oxygens (including phenoxy) is 2. The highest BCUT2D eigenvalue weighted by molar-refractivity contribution is 6.30. The van der Waals surface area contributed by atoms with Crippen LogP contribution >= 0.6 is 11.6 Å². The Bertz CT molecular complexity index is 1220. The second-order valence-corrected chi connectivity index (χ2v) is 8.09. The highest BCUT2D eigenvalue weighted by Gasteiger charge is 2.33. The van der Waals surface area contributed by atoms with Crippen molar-refractivity contribution in [2.45, 2.75) is 19.5 Å². The average Bonchev–Trinajstić information content (AvgIpc) is 2.85. The molecule has 4 rings (SSSR count). The Morgan fingerprint density at radius 2 is 1.97 bits per heavy atom. The van der Waals surface area contributed by atoms with Crippen LogP contribution in [0.15, 0.2) is 67.0 Å². The molecule has 1 N–H and O–H groups in total. The molecular formula is C25H22ClN3O5. The van der Waals surface area contributed by atoms with Crippen LogP contribution in [-0.4, -0.2) is 41.8 Å². The van der Waals surface area contributed by atoms with Gasteiger partial charge in [-0.15, -0.1) is 0 Å². The Kier molecular flexibility index (Phi) is 7.08. The number of benzene rings is 2. The summed E-state index contributed by atoms with van der Waals surface area (Å²) in [4.78, 5) is 43.6. The Labute approximate surface area is 201 Å². The molecule has 1 aliphatic rings. The lowest BCUT2D eigenvalue weighted by Gasteiger charge is -2.33. The minimum Gasteiger partial charge on any atom is -0.485 e. The van der Waals surface area contributed by atoms with Crippen LogP contribution in [0.3, 0.4) is 0 Å². The van der Waals surface area contributed by atoms with Gasteiger partial charge in [0.15, 0.2) is 19.0 Å². The maximum absolute atomic E-state index is 12.8. The average molecular weight is 480 g/mol. The third-order valence-corrected chi connectivity index (χ3v) is 5.54. The molecule has 2 aromatic carbocycles. The topological polar surface area (TPSA) is 97.8 Å². The van der Waals surface area contributed by atoms with Crippen molar-refractivity contribution < 1.29 is 23.9 Å². The number of halogens is 1. The van der Waals surface area contributed by atoms with Gasteiger partial charge < -0.3 is 14.8 Å². The lowest BCUT2D eigenvalue weighted by atomic mass is 10.1. The van der Waals surface area contributed by atoms with Gasteiger partial charge in [-0.05, 0) is 61.0 Å². The van der Waals surface area contributed by atoms with Gasteiger partial charge in [0.05, 0.1) is 5.69 Å². The van der Waals surface area contributed by atoms with Gasteiger partial charge in [0.1, 0.15) is 17.5 Å². The maximum Gasteiger partial charge on any atom is 0.265 e. The van der Waals surface area contributed by atoms with Crippen LogP contribution in [0.2, 0.25) is 5.02 Å². The molecule has 9 heteroatoms. The molecule has 34 heavy (non-hydrogen) atoms. The van der Waals surface area contributed by atoms with Crippen molar-refractivity contribution in [2.75, 3.05) is 18.1 Å². The van der Waals surface area contributed by atoms with Crippen LogP contribution in [-0.2, 0) is 16.1 Å². The van der Waals surface area contributed by atoms with Gasteiger partial charge in [-0.3, -0.25) is 24.3 Å². The SMILES string of the molecule is C[C@H](C(=O)NCc1ccncc1)N1C(=O)COc2ccc(C(=O)COc3cccc(Cl)c3)cc21. The molecule has 1 aliphatic heterocycles. The van der Waals surface area contributed by atoms with E-state index >= 15 is 0 Å². The van der Waals surface area contributed by atoms with Gasteiger partial charge in [-0.1, -0.05) is 17.7 Å². The third kappa shape index (κ3) is 5.35. The van der Waals surface area contributed by atoms with Crippen LogP contribution < -0.4 is 19.7 Å². The number of nitrogens with one attached hydrogen (secondary N) is 1. The van der Waals surface area contributed by atoms with Crippen molar-refractivity contribution in [1.82, 2.24) is 10.3 Å². The number of carbonyl (C=O) groups is 3. The smallest absolute Gasteiger partial charge is 0.265 e. The van der Waals surface area contributed by atoms with E-state index in [0.29, 0.717) is 34.3 Å². The Hall–Kier alpha value is -3.91. The van der Waals surface area contributed by atoms with E-state index in [9.17, 15) is 14.4 Å². The fraction of sp³-hybridized carbons (Fsp3) is 0.200. The molecule has 2 amide bonds. The van der Waals surface area contributed by atoms with Gasteiger partial charge in [-0.25, -0.2) is 0 Å². The van der Waals surface area contributed by atoms with Crippen LogP contribution in [0.5, 0.6) is 11.5 Å². The summed E-state index contributed by atoms with van der Waals surface area (Å²) in [5, 5.41) is 3.33. The Morgan fingerprint density at radius 1 is 1.18 bits per heavy atom. The molecule has 0 saturated carbocycles. The number of amides is 2. The second-order valence-electron chi connectivity index (χ2n) is 7.65. The fourth-order valence-electron chi connectivity index (χ4n) is 3.51. The van der Waals surface area contributed by atoms with E-state index in [1.165, 1.54) is 4.90 Å². The lowest BCUT2D eigenvalue weighted by Crippen LogP contribution is -2.51. The lowest BCUT2D eigenvalue weighted by molar-refractivity contribution is -0.127. The molecule has 0 unspecified atom stereocenters. The number of fused-ring (bicyclic) bond motifs is 1. The first-order chi connectivity index (χ1) is 16.4. The maximum atomic E-state index is 12.8. The first kappa shape index (κ1) is 23.3. The summed E-state index contributed by atoms with van der Waals surface area (Å²) in [6.45, 7) is 1.53.